The van der Waals surface area contributed by atoms with Crippen LogP contribution in [0.1, 0.15) is 91.5 Å². The summed E-state index contributed by atoms with van der Waals surface area (Å²) in [6.45, 7) is 12.8. The van der Waals surface area contributed by atoms with Crippen molar-refractivity contribution >= 4 is 11.5 Å². The van der Waals surface area contributed by atoms with Crippen molar-refractivity contribution in [3.05, 3.63) is 30.1 Å². The lowest BCUT2D eigenvalue weighted by Crippen LogP contribution is -2.51. The van der Waals surface area contributed by atoms with Gasteiger partial charge < -0.3 is 10.1 Å². The highest BCUT2D eigenvalue weighted by molar-refractivity contribution is 5.76. The van der Waals surface area contributed by atoms with Crippen LogP contribution < -0.4 is 10.1 Å². The van der Waals surface area contributed by atoms with Gasteiger partial charge in [0.05, 0.1) is 12.8 Å². The summed E-state index contributed by atoms with van der Waals surface area (Å²) < 4.78 is 5.88. The molecular formula is C29H44N2O2. The minimum absolute atomic E-state index is 0.230. The maximum Gasteiger partial charge on any atom is 0.220 e. The molecule has 1 N–H and O–H groups in total. The first kappa shape index (κ1) is 24.3. The van der Waals surface area contributed by atoms with Crippen LogP contribution in [0, 0.1) is 34.5 Å². The van der Waals surface area contributed by atoms with E-state index in [0.29, 0.717) is 17.3 Å². The van der Waals surface area contributed by atoms with Gasteiger partial charge in [-0.25, -0.2) is 0 Å². The van der Waals surface area contributed by atoms with Gasteiger partial charge in [0.2, 0.25) is 5.91 Å². The maximum absolute atomic E-state index is 12.2. The lowest BCUT2D eigenvalue weighted by Gasteiger charge is -2.58. The Bertz CT molecular complexity index is 880. The van der Waals surface area contributed by atoms with Gasteiger partial charge in [-0.15, -0.1) is 0 Å². The molecule has 6 atom stereocenters. The molecule has 1 aliphatic heterocycles. The van der Waals surface area contributed by atoms with Crippen molar-refractivity contribution in [2.45, 2.75) is 86.0 Å². The van der Waals surface area contributed by atoms with Crippen molar-refractivity contribution in [2.75, 3.05) is 13.2 Å². The zero-order valence-electron chi connectivity index (χ0n) is 21.5. The molecule has 6 unspecified atom stereocenters. The highest BCUT2D eigenvalue weighted by Gasteiger charge is 2.58. The Labute approximate surface area is 201 Å². The van der Waals surface area contributed by atoms with Crippen molar-refractivity contribution < 1.29 is 9.53 Å². The molecule has 0 aromatic carbocycles. The molecule has 4 nitrogen and oxygen atoms in total. The predicted molar refractivity (Wildman–Crippen MR) is 135 cm³/mol. The van der Waals surface area contributed by atoms with E-state index in [-0.39, 0.29) is 11.3 Å². The lowest BCUT2D eigenvalue weighted by molar-refractivity contribution is -0.124. The van der Waals surface area contributed by atoms with E-state index in [1.54, 1.807) is 0 Å². The van der Waals surface area contributed by atoms with Crippen LogP contribution in [0.5, 0.6) is 5.75 Å². The molecule has 1 aromatic heterocycles. The van der Waals surface area contributed by atoms with E-state index in [9.17, 15) is 4.79 Å². The minimum Gasteiger partial charge on any atom is -0.492 e. The fraction of sp³-hybridized carbons (Fsp3) is 0.724. The third-order valence-corrected chi connectivity index (χ3v) is 9.56. The highest BCUT2D eigenvalue weighted by Crippen LogP contribution is 2.66. The molecule has 3 aliphatic carbocycles. The first-order valence-electron chi connectivity index (χ1n) is 13.5. The largest absolute Gasteiger partial charge is 0.492 e. The van der Waals surface area contributed by atoms with Crippen molar-refractivity contribution in [3.63, 3.8) is 0 Å². The third kappa shape index (κ3) is 4.23. The molecular weight excluding hydrogens is 408 g/mol. The second-order valence-corrected chi connectivity index (χ2v) is 11.0. The monoisotopic (exact) mass is 452 g/mol. The number of nitrogens with zero attached hydrogens (tertiary/aromatic N) is 1. The van der Waals surface area contributed by atoms with Crippen molar-refractivity contribution in [3.8, 4) is 5.75 Å². The third-order valence-electron chi connectivity index (χ3n) is 9.56. The number of allylic oxidation sites excluding steroid dienone is 2. The molecule has 4 aliphatic rings. The normalized spacial score (nSPS) is 37.2. The summed E-state index contributed by atoms with van der Waals surface area (Å²) in [6.07, 6.45) is 15.5. The van der Waals surface area contributed by atoms with E-state index in [1.807, 2.05) is 26.2 Å². The summed E-state index contributed by atoms with van der Waals surface area (Å²) in [6, 6.07) is 2.20. The second-order valence-electron chi connectivity index (χ2n) is 11.0. The van der Waals surface area contributed by atoms with Crippen LogP contribution in [-0.4, -0.2) is 24.0 Å². The summed E-state index contributed by atoms with van der Waals surface area (Å²) in [5.74, 6) is 3.97. The number of aromatic nitrogens is 1. The highest BCUT2D eigenvalue weighted by atomic mass is 16.5. The van der Waals surface area contributed by atoms with Crippen LogP contribution >= 0.6 is 0 Å². The molecule has 4 heteroatoms. The Morgan fingerprint density at radius 2 is 1.94 bits per heavy atom. The van der Waals surface area contributed by atoms with Crippen molar-refractivity contribution in [2.24, 2.45) is 34.5 Å². The number of carbonyl (C=O) groups excluding carboxylic acids is 1. The number of carbonyl (C=O) groups is 1. The van der Waals surface area contributed by atoms with E-state index in [1.165, 1.54) is 43.2 Å². The second kappa shape index (κ2) is 9.80. The van der Waals surface area contributed by atoms with Gasteiger partial charge in [0, 0.05) is 19.2 Å². The Morgan fingerprint density at radius 1 is 1.12 bits per heavy atom. The van der Waals surface area contributed by atoms with Crippen molar-refractivity contribution in [1.29, 1.82) is 0 Å². The molecule has 0 radical (unpaired) electrons. The molecule has 182 valence electrons. The standard InChI is InChI=1S/C27H38N2O2.C2H6/c1-4-13-31-20-14-18(16-28-17-20)22-7-8-23-21-6-5-19-15-25(30)29-12-11-26(19,2)24(21)9-10-27(22,23)3;1-2/h7,14,16-17,19,21,23-24H,4-6,8-13,15H2,1-3H3,(H,29,30);1-2H3. The number of amides is 1. The van der Waals surface area contributed by atoms with E-state index in [0.717, 1.165) is 50.0 Å². The van der Waals surface area contributed by atoms with Crippen LogP contribution in [0.2, 0.25) is 0 Å². The van der Waals surface area contributed by atoms with Gasteiger partial charge in [-0.2, -0.15) is 0 Å². The van der Waals surface area contributed by atoms with E-state index >= 15 is 0 Å². The molecule has 2 heterocycles. The summed E-state index contributed by atoms with van der Waals surface area (Å²) in [4.78, 5) is 16.7. The number of hydrogen-bond donors (Lipinski definition) is 1. The SMILES string of the molecule is CC.CCCOc1cncc(C2=CCC3C4CCC5CC(=O)NCCC5(C)C4CCC23C)c1. The first-order chi connectivity index (χ1) is 16.0. The molecule has 1 aromatic rings. The predicted octanol–water partition coefficient (Wildman–Crippen LogP) is 6.66. The number of fused-ring (bicyclic) bond motifs is 5. The Morgan fingerprint density at radius 3 is 2.73 bits per heavy atom. The van der Waals surface area contributed by atoms with Crippen LogP contribution in [0.3, 0.4) is 0 Å². The summed E-state index contributed by atoms with van der Waals surface area (Å²) in [5.41, 5.74) is 3.28. The average Bonchev–Trinajstić information content (AvgIpc) is 3.10. The molecule has 1 saturated heterocycles. The quantitative estimate of drug-likeness (QED) is 0.556. The van der Waals surface area contributed by atoms with Crippen LogP contribution in [-0.2, 0) is 4.79 Å². The van der Waals surface area contributed by atoms with Crippen molar-refractivity contribution in [1.82, 2.24) is 10.3 Å². The van der Waals surface area contributed by atoms with E-state index < -0.39 is 0 Å². The van der Waals surface area contributed by atoms with E-state index in [4.69, 9.17) is 4.74 Å². The summed E-state index contributed by atoms with van der Waals surface area (Å²) >= 11 is 0. The van der Waals surface area contributed by atoms with Crippen LogP contribution in [0.15, 0.2) is 24.5 Å². The van der Waals surface area contributed by atoms with Gasteiger partial charge in [-0.3, -0.25) is 9.78 Å². The van der Waals surface area contributed by atoms with E-state index in [2.05, 4.69) is 43.2 Å². The minimum atomic E-state index is 0.230. The molecule has 0 bridgehead atoms. The molecule has 33 heavy (non-hydrogen) atoms. The number of pyridine rings is 1. The van der Waals surface area contributed by atoms with Crippen LogP contribution in [0.25, 0.3) is 5.57 Å². The Kier molecular flexibility index (Phi) is 7.21. The fourth-order valence-electron chi connectivity index (χ4n) is 7.91. The number of ether oxygens (including phenoxy) is 1. The smallest absolute Gasteiger partial charge is 0.220 e. The Balaban J connectivity index is 0.00000126. The first-order valence-corrected chi connectivity index (χ1v) is 13.5. The Hall–Kier alpha value is -1.84. The molecule has 3 fully saturated rings. The average molecular weight is 453 g/mol. The molecule has 1 amide bonds. The topological polar surface area (TPSA) is 51.2 Å². The number of hydrogen-bond acceptors (Lipinski definition) is 3. The maximum atomic E-state index is 12.2. The van der Waals surface area contributed by atoms with Gasteiger partial charge in [-0.1, -0.05) is 40.7 Å². The van der Waals surface area contributed by atoms with Gasteiger partial charge in [-0.05, 0) is 96.7 Å². The lowest BCUT2D eigenvalue weighted by atomic mass is 9.46. The molecule has 5 rings (SSSR count). The van der Waals surface area contributed by atoms with Gasteiger partial charge in [0.25, 0.3) is 0 Å². The van der Waals surface area contributed by atoms with Gasteiger partial charge >= 0.3 is 0 Å². The molecule has 0 spiro atoms. The van der Waals surface area contributed by atoms with Crippen LogP contribution in [0.4, 0.5) is 0 Å². The fourth-order valence-corrected chi connectivity index (χ4v) is 7.91. The zero-order chi connectivity index (χ0) is 23.6. The molecule has 2 saturated carbocycles. The number of rotatable bonds is 4. The summed E-state index contributed by atoms with van der Waals surface area (Å²) in [7, 11) is 0. The number of nitrogens with one attached hydrogen (secondary N) is 1. The summed E-state index contributed by atoms with van der Waals surface area (Å²) in [5, 5.41) is 3.16. The van der Waals surface area contributed by atoms with Gasteiger partial charge in [0.15, 0.2) is 0 Å². The zero-order valence-corrected chi connectivity index (χ0v) is 21.5. The van der Waals surface area contributed by atoms with Gasteiger partial charge in [0.1, 0.15) is 5.75 Å².